The van der Waals surface area contributed by atoms with Gasteiger partial charge in [-0.1, -0.05) is 64.7 Å². The number of rotatable bonds is 12. The monoisotopic (exact) mass is 278 g/mol. The van der Waals surface area contributed by atoms with Crippen LogP contribution in [0, 0.1) is 0 Å². The van der Waals surface area contributed by atoms with Crippen molar-refractivity contribution in [2.45, 2.75) is 71.1 Å². The predicted molar refractivity (Wildman–Crippen MR) is 85.0 cm³/mol. The van der Waals surface area contributed by atoms with Crippen LogP contribution in [0.1, 0.15) is 81.6 Å². The third-order valence-electron chi connectivity index (χ3n) is 3.66. The number of hydrogen-bond acceptors (Lipinski definition) is 1. The first-order chi connectivity index (χ1) is 9.84. The van der Waals surface area contributed by atoms with Gasteiger partial charge in [0.05, 0.1) is 0 Å². The molecular weight excluding hydrogens is 248 g/mol. The fraction of sp³-hybridized carbons (Fsp3) is 0.706. The molecule has 0 aliphatic heterocycles. The molecule has 0 atom stereocenters. The van der Waals surface area contributed by atoms with Gasteiger partial charge in [0.25, 0.3) is 5.91 Å². The molecule has 0 aliphatic rings. The Labute approximate surface area is 123 Å². The van der Waals surface area contributed by atoms with Crippen molar-refractivity contribution >= 4 is 5.91 Å². The topological polar surface area (TPSA) is 44.9 Å². The lowest BCUT2D eigenvalue weighted by molar-refractivity contribution is 0.0948. The molecule has 3 heteroatoms. The Morgan fingerprint density at radius 2 is 1.60 bits per heavy atom. The maximum Gasteiger partial charge on any atom is 0.267 e. The SMILES string of the molecule is CCCCCCCCCCCCNC(=O)c1ccc[nH]1. The molecule has 1 amide bonds. The van der Waals surface area contributed by atoms with Crippen LogP contribution < -0.4 is 5.32 Å². The van der Waals surface area contributed by atoms with Crippen LogP contribution in [0.4, 0.5) is 0 Å². The molecule has 20 heavy (non-hydrogen) atoms. The zero-order chi connectivity index (χ0) is 14.5. The van der Waals surface area contributed by atoms with E-state index in [1.165, 1.54) is 57.8 Å². The minimum Gasteiger partial charge on any atom is -0.357 e. The third kappa shape index (κ3) is 8.03. The minimum atomic E-state index is 0.00549. The highest BCUT2D eigenvalue weighted by Gasteiger charge is 2.03. The molecule has 0 bridgehead atoms. The summed E-state index contributed by atoms with van der Waals surface area (Å²) in [5, 5.41) is 2.94. The third-order valence-corrected chi connectivity index (χ3v) is 3.66. The lowest BCUT2D eigenvalue weighted by Crippen LogP contribution is -2.24. The van der Waals surface area contributed by atoms with Crippen LogP contribution in [0.5, 0.6) is 0 Å². The molecule has 0 aliphatic carbocycles. The zero-order valence-corrected chi connectivity index (χ0v) is 12.9. The summed E-state index contributed by atoms with van der Waals surface area (Å²) in [5.74, 6) is 0.00549. The molecule has 114 valence electrons. The van der Waals surface area contributed by atoms with Crippen LogP contribution in [-0.4, -0.2) is 17.4 Å². The summed E-state index contributed by atoms with van der Waals surface area (Å²) >= 11 is 0. The van der Waals surface area contributed by atoms with Gasteiger partial charge < -0.3 is 10.3 Å². The van der Waals surface area contributed by atoms with E-state index in [0.29, 0.717) is 5.69 Å². The molecule has 0 unspecified atom stereocenters. The number of carbonyl (C=O) groups is 1. The van der Waals surface area contributed by atoms with Crippen LogP contribution >= 0.6 is 0 Å². The Bertz CT molecular complexity index is 333. The molecule has 0 radical (unpaired) electrons. The lowest BCUT2D eigenvalue weighted by atomic mass is 10.1. The summed E-state index contributed by atoms with van der Waals surface area (Å²) in [6.45, 7) is 3.04. The van der Waals surface area contributed by atoms with Crippen molar-refractivity contribution in [3.05, 3.63) is 24.0 Å². The van der Waals surface area contributed by atoms with Gasteiger partial charge in [-0.15, -0.1) is 0 Å². The molecule has 0 fully saturated rings. The van der Waals surface area contributed by atoms with Crippen molar-refractivity contribution in [1.29, 1.82) is 0 Å². The standard InChI is InChI=1S/C17H30N2O/c1-2-3-4-5-6-7-8-9-10-11-14-19-17(20)16-13-12-15-18-16/h12-13,15,18H,2-11,14H2,1H3,(H,19,20). The van der Waals surface area contributed by atoms with E-state index in [-0.39, 0.29) is 5.91 Å². The first-order valence-corrected chi connectivity index (χ1v) is 8.26. The second-order valence-electron chi connectivity index (χ2n) is 5.52. The highest BCUT2D eigenvalue weighted by atomic mass is 16.1. The molecule has 1 rings (SSSR count). The molecular formula is C17H30N2O. The van der Waals surface area contributed by atoms with Gasteiger partial charge in [0, 0.05) is 12.7 Å². The molecule has 0 saturated heterocycles. The van der Waals surface area contributed by atoms with E-state index in [1.54, 1.807) is 12.3 Å². The maximum absolute atomic E-state index is 11.6. The van der Waals surface area contributed by atoms with Crippen LogP contribution in [0.25, 0.3) is 0 Å². The first kappa shape index (κ1) is 16.8. The summed E-state index contributed by atoms with van der Waals surface area (Å²) in [4.78, 5) is 14.5. The molecule has 0 saturated carbocycles. The van der Waals surface area contributed by atoms with Crippen LogP contribution in [0.3, 0.4) is 0 Å². The minimum absolute atomic E-state index is 0.00549. The second kappa shape index (κ2) is 11.6. The van der Waals surface area contributed by atoms with E-state index in [0.717, 1.165) is 13.0 Å². The molecule has 3 nitrogen and oxygen atoms in total. The number of aromatic nitrogens is 1. The van der Waals surface area contributed by atoms with Gasteiger partial charge >= 0.3 is 0 Å². The van der Waals surface area contributed by atoms with Crippen LogP contribution in [-0.2, 0) is 0 Å². The van der Waals surface area contributed by atoms with Crippen molar-refractivity contribution in [2.75, 3.05) is 6.54 Å². The van der Waals surface area contributed by atoms with Crippen molar-refractivity contribution in [2.24, 2.45) is 0 Å². The largest absolute Gasteiger partial charge is 0.357 e. The van der Waals surface area contributed by atoms with E-state index < -0.39 is 0 Å². The summed E-state index contributed by atoms with van der Waals surface area (Å²) in [6.07, 6.45) is 15.0. The molecule has 1 aromatic rings. The van der Waals surface area contributed by atoms with Crippen molar-refractivity contribution < 1.29 is 4.79 Å². The number of H-pyrrole nitrogens is 1. The van der Waals surface area contributed by atoms with Crippen molar-refractivity contribution in [3.63, 3.8) is 0 Å². The van der Waals surface area contributed by atoms with Gasteiger partial charge in [-0.25, -0.2) is 0 Å². The lowest BCUT2D eigenvalue weighted by Gasteiger charge is -2.04. The Morgan fingerprint density at radius 3 is 2.15 bits per heavy atom. The number of carbonyl (C=O) groups excluding carboxylic acids is 1. The normalized spacial score (nSPS) is 10.7. The van der Waals surface area contributed by atoms with Crippen molar-refractivity contribution in [3.8, 4) is 0 Å². The maximum atomic E-state index is 11.6. The predicted octanol–water partition coefficient (Wildman–Crippen LogP) is 4.67. The van der Waals surface area contributed by atoms with E-state index in [1.807, 2.05) is 6.07 Å². The smallest absolute Gasteiger partial charge is 0.267 e. The quantitative estimate of drug-likeness (QED) is 0.536. The van der Waals surface area contributed by atoms with Crippen molar-refractivity contribution in [1.82, 2.24) is 10.3 Å². The van der Waals surface area contributed by atoms with E-state index >= 15 is 0 Å². The number of hydrogen-bond donors (Lipinski definition) is 2. The number of amides is 1. The van der Waals surface area contributed by atoms with Crippen LogP contribution in [0.2, 0.25) is 0 Å². The van der Waals surface area contributed by atoms with Gasteiger partial charge in [0.15, 0.2) is 0 Å². The average Bonchev–Trinajstić information content (AvgIpc) is 2.99. The molecule has 1 aromatic heterocycles. The van der Waals surface area contributed by atoms with E-state index in [9.17, 15) is 4.79 Å². The van der Waals surface area contributed by atoms with E-state index in [2.05, 4.69) is 17.2 Å². The second-order valence-corrected chi connectivity index (χ2v) is 5.52. The average molecular weight is 278 g/mol. The number of unbranched alkanes of at least 4 members (excludes halogenated alkanes) is 9. The Morgan fingerprint density at radius 1 is 1.00 bits per heavy atom. The summed E-state index contributed by atoms with van der Waals surface area (Å²) < 4.78 is 0. The highest BCUT2D eigenvalue weighted by molar-refractivity contribution is 5.92. The number of aromatic amines is 1. The van der Waals surface area contributed by atoms with E-state index in [4.69, 9.17) is 0 Å². The fourth-order valence-corrected chi connectivity index (χ4v) is 2.38. The first-order valence-electron chi connectivity index (χ1n) is 8.26. The molecule has 0 aromatic carbocycles. The molecule has 2 N–H and O–H groups in total. The molecule has 1 heterocycles. The Balaban J connectivity index is 1.82. The zero-order valence-electron chi connectivity index (χ0n) is 12.9. The van der Waals surface area contributed by atoms with Gasteiger partial charge in [-0.3, -0.25) is 4.79 Å². The van der Waals surface area contributed by atoms with Gasteiger partial charge in [-0.05, 0) is 18.6 Å². The van der Waals surface area contributed by atoms with Gasteiger partial charge in [-0.2, -0.15) is 0 Å². The summed E-state index contributed by atoms with van der Waals surface area (Å²) in [6, 6.07) is 3.64. The molecule has 0 spiro atoms. The fourth-order valence-electron chi connectivity index (χ4n) is 2.38. The van der Waals surface area contributed by atoms with Gasteiger partial charge in [0.1, 0.15) is 5.69 Å². The highest BCUT2D eigenvalue weighted by Crippen LogP contribution is 2.10. The number of nitrogens with one attached hydrogen (secondary N) is 2. The van der Waals surface area contributed by atoms with Crippen LogP contribution in [0.15, 0.2) is 18.3 Å². The summed E-state index contributed by atoms with van der Waals surface area (Å²) in [5.41, 5.74) is 0.650. The van der Waals surface area contributed by atoms with Gasteiger partial charge in [0.2, 0.25) is 0 Å². The summed E-state index contributed by atoms with van der Waals surface area (Å²) in [7, 11) is 0. The Kier molecular flexibility index (Phi) is 9.72. The Hall–Kier alpha value is -1.25.